The van der Waals surface area contributed by atoms with Crippen molar-refractivity contribution in [3.63, 3.8) is 0 Å². The first-order valence-electron chi connectivity index (χ1n) is 8.67. The molecule has 0 unspecified atom stereocenters. The van der Waals surface area contributed by atoms with Crippen LogP contribution in [0.25, 0.3) is 11.2 Å². The molecule has 0 bridgehead atoms. The number of nitrogens with zero attached hydrogens (tertiary/aromatic N) is 4. The van der Waals surface area contributed by atoms with Crippen LogP contribution in [-0.4, -0.2) is 60.9 Å². The van der Waals surface area contributed by atoms with Crippen LogP contribution in [0, 0.1) is 0 Å². The second-order valence-electron chi connectivity index (χ2n) is 6.47. The number of rotatable bonds is 6. The summed E-state index contributed by atoms with van der Waals surface area (Å²) in [7, 11) is 0. The second-order valence-corrected chi connectivity index (χ2v) is 6.47. The fraction of sp³-hybridized carbons (Fsp3) is 0.333. The van der Waals surface area contributed by atoms with Crippen LogP contribution in [-0.2, 0) is 15.3 Å². The smallest absolute Gasteiger partial charge is 0.223 e. The van der Waals surface area contributed by atoms with Crippen LogP contribution in [0.15, 0.2) is 43.0 Å². The van der Waals surface area contributed by atoms with E-state index >= 15 is 0 Å². The van der Waals surface area contributed by atoms with Gasteiger partial charge in [-0.15, -0.1) is 0 Å². The van der Waals surface area contributed by atoms with Gasteiger partial charge >= 0.3 is 0 Å². The quantitative estimate of drug-likeness (QED) is 0.527. The van der Waals surface area contributed by atoms with Gasteiger partial charge in [-0.2, -0.15) is 0 Å². The SMILES string of the molecule is Nc1ncnc2c1ncn2[C@@]1(C(=O)COc2ccccc2)C[C@H](O)[C@@H](CO)O1. The lowest BCUT2D eigenvalue weighted by molar-refractivity contribution is -0.162. The standard InChI is InChI=1S/C18H19N5O5/c19-16-15-17(21-9-20-16)23(10-22-15)18(6-12(25)13(7-24)28-18)14(26)8-27-11-4-2-1-3-5-11/h1-5,9-10,12-13,24-25H,6-8H2,(H2,19,20,21)/t12-,13+,18-/m0/s1. The minimum absolute atomic E-state index is 0.0927. The van der Waals surface area contributed by atoms with Gasteiger partial charge in [-0.25, -0.2) is 15.0 Å². The second kappa shape index (κ2) is 7.15. The van der Waals surface area contributed by atoms with Crippen molar-refractivity contribution in [1.29, 1.82) is 0 Å². The van der Waals surface area contributed by atoms with E-state index in [2.05, 4.69) is 15.0 Å². The molecule has 1 aromatic carbocycles. The molecule has 1 aliphatic rings. The third-order valence-electron chi connectivity index (χ3n) is 4.74. The van der Waals surface area contributed by atoms with E-state index in [4.69, 9.17) is 15.2 Å². The van der Waals surface area contributed by atoms with Crippen molar-refractivity contribution in [2.45, 2.75) is 24.4 Å². The number of nitrogen functional groups attached to an aromatic ring is 1. The monoisotopic (exact) mass is 385 g/mol. The number of hydrogen-bond acceptors (Lipinski definition) is 9. The summed E-state index contributed by atoms with van der Waals surface area (Å²) in [5.74, 6) is 0.220. The first kappa shape index (κ1) is 18.3. The number of aromatic nitrogens is 4. The Kier molecular flexibility index (Phi) is 4.67. The van der Waals surface area contributed by atoms with Crippen LogP contribution >= 0.6 is 0 Å². The van der Waals surface area contributed by atoms with E-state index in [-0.39, 0.29) is 24.5 Å². The molecule has 0 saturated carbocycles. The summed E-state index contributed by atoms with van der Waals surface area (Å²) in [6.45, 7) is -0.755. The average molecular weight is 385 g/mol. The van der Waals surface area contributed by atoms with Crippen LogP contribution in [0.2, 0.25) is 0 Å². The van der Waals surface area contributed by atoms with Gasteiger partial charge in [0.15, 0.2) is 18.1 Å². The van der Waals surface area contributed by atoms with Gasteiger partial charge in [-0.05, 0) is 12.1 Å². The molecule has 0 amide bonds. The summed E-state index contributed by atoms with van der Waals surface area (Å²) < 4.78 is 12.8. The minimum Gasteiger partial charge on any atom is -0.486 e. The van der Waals surface area contributed by atoms with E-state index in [0.717, 1.165) is 0 Å². The molecule has 2 aromatic heterocycles. The molecule has 0 spiro atoms. The zero-order valence-electron chi connectivity index (χ0n) is 14.8. The molecule has 4 N–H and O–H groups in total. The van der Waals surface area contributed by atoms with Gasteiger partial charge in [0.1, 0.15) is 23.7 Å². The normalized spacial score (nSPS) is 24.5. The molecule has 3 atom stereocenters. The maximum Gasteiger partial charge on any atom is 0.223 e. The Labute approximate surface area is 159 Å². The number of carbonyl (C=O) groups excluding carboxylic acids is 1. The van der Waals surface area contributed by atoms with E-state index < -0.39 is 30.3 Å². The van der Waals surface area contributed by atoms with Gasteiger partial charge in [0.2, 0.25) is 11.5 Å². The fourth-order valence-electron chi connectivity index (χ4n) is 3.32. The predicted octanol–water partition coefficient (Wildman–Crippen LogP) is -0.149. The van der Waals surface area contributed by atoms with Crippen LogP contribution < -0.4 is 10.5 Å². The zero-order valence-corrected chi connectivity index (χ0v) is 14.8. The number of carbonyl (C=O) groups is 1. The third-order valence-corrected chi connectivity index (χ3v) is 4.74. The van der Waals surface area contributed by atoms with Crippen LogP contribution in [0.3, 0.4) is 0 Å². The van der Waals surface area contributed by atoms with Crippen molar-refractivity contribution >= 4 is 22.8 Å². The summed E-state index contributed by atoms with van der Waals surface area (Å²) in [4.78, 5) is 25.4. The first-order valence-corrected chi connectivity index (χ1v) is 8.67. The van der Waals surface area contributed by atoms with Crippen molar-refractivity contribution in [2.75, 3.05) is 18.9 Å². The molecular formula is C18H19N5O5. The Morgan fingerprint density at radius 2 is 2.11 bits per heavy atom. The number of para-hydroxylation sites is 1. The first-order chi connectivity index (χ1) is 13.5. The Hall–Kier alpha value is -3.08. The molecule has 0 aliphatic carbocycles. The van der Waals surface area contributed by atoms with E-state index in [1.807, 2.05) is 6.07 Å². The average Bonchev–Trinajstić information content (AvgIpc) is 3.29. The van der Waals surface area contributed by atoms with E-state index in [9.17, 15) is 15.0 Å². The maximum absolute atomic E-state index is 13.2. The third kappa shape index (κ3) is 2.97. The highest BCUT2D eigenvalue weighted by Crippen LogP contribution is 2.38. The molecule has 10 nitrogen and oxygen atoms in total. The number of benzene rings is 1. The van der Waals surface area contributed by atoms with Crippen molar-refractivity contribution in [3.8, 4) is 5.75 Å². The highest BCUT2D eigenvalue weighted by Gasteiger charge is 2.53. The molecule has 1 fully saturated rings. The zero-order chi connectivity index (χ0) is 19.7. The lowest BCUT2D eigenvalue weighted by Gasteiger charge is -2.29. The molecule has 28 heavy (non-hydrogen) atoms. The summed E-state index contributed by atoms with van der Waals surface area (Å²) >= 11 is 0. The van der Waals surface area contributed by atoms with E-state index in [1.165, 1.54) is 17.2 Å². The lowest BCUT2D eigenvalue weighted by Crippen LogP contribution is -2.45. The van der Waals surface area contributed by atoms with Crippen molar-refractivity contribution in [3.05, 3.63) is 43.0 Å². The molecule has 4 rings (SSSR count). The Morgan fingerprint density at radius 1 is 1.32 bits per heavy atom. The largest absolute Gasteiger partial charge is 0.486 e. The number of aliphatic hydroxyl groups is 2. The van der Waals surface area contributed by atoms with Crippen LogP contribution in [0.4, 0.5) is 5.82 Å². The lowest BCUT2D eigenvalue weighted by atomic mass is 10.0. The molecule has 10 heteroatoms. The number of Topliss-reactive ketones (excluding diaryl/α,β-unsaturated/α-hetero) is 1. The van der Waals surface area contributed by atoms with Crippen molar-refractivity contribution < 1.29 is 24.5 Å². The number of anilines is 1. The Balaban J connectivity index is 1.72. The number of nitrogens with two attached hydrogens (primary N) is 1. The van der Waals surface area contributed by atoms with Gasteiger partial charge in [0.25, 0.3) is 0 Å². The highest BCUT2D eigenvalue weighted by molar-refractivity contribution is 5.90. The van der Waals surface area contributed by atoms with Crippen molar-refractivity contribution in [1.82, 2.24) is 19.5 Å². The number of ether oxygens (including phenoxy) is 2. The topological polar surface area (TPSA) is 146 Å². The predicted molar refractivity (Wildman–Crippen MR) is 97.2 cm³/mol. The molecule has 1 aliphatic heterocycles. The number of imidazole rings is 1. The molecule has 3 heterocycles. The fourth-order valence-corrected chi connectivity index (χ4v) is 3.32. The molecule has 3 aromatic rings. The highest BCUT2D eigenvalue weighted by atomic mass is 16.6. The molecule has 0 radical (unpaired) electrons. The van der Waals surface area contributed by atoms with Gasteiger partial charge in [0.05, 0.1) is 19.0 Å². The maximum atomic E-state index is 13.2. The van der Waals surface area contributed by atoms with Gasteiger partial charge < -0.3 is 25.4 Å². The molecule has 1 saturated heterocycles. The van der Waals surface area contributed by atoms with Crippen LogP contribution in [0.5, 0.6) is 5.75 Å². The Bertz CT molecular complexity index is 994. The Morgan fingerprint density at radius 3 is 2.82 bits per heavy atom. The number of ketones is 1. The molecular weight excluding hydrogens is 366 g/mol. The van der Waals surface area contributed by atoms with Gasteiger partial charge in [0, 0.05) is 6.42 Å². The summed E-state index contributed by atoms with van der Waals surface area (Å²) in [6, 6.07) is 8.86. The van der Waals surface area contributed by atoms with Gasteiger partial charge in [-0.3, -0.25) is 9.36 Å². The minimum atomic E-state index is -1.64. The summed E-state index contributed by atoms with van der Waals surface area (Å²) in [5.41, 5.74) is 4.79. The van der Waals surface area contributed by atoms with E-state index in [1.54, 1.807) is 24.3 Å². The van der Waals surface area contributed by atoms with Crippen molar-refractivity contribution in [2.24, 2.45) is 0 Å². The number of aliphatic hydroxyl groups excluding tert-OH is 2. The number of hydrogen-bond donors (Lipinski definition) is 3. The van der Waals surface area contributed by atoms with Gasteiger partial charge in [-0.1, -0.05) is 18.2 Å². The summed E-state index contributed by atoms with van der Waals surface area (Å²) in [5, 5.41) is 19.8. The summed E-state index contributed by atoms with van der Waals surface area (Å²) in [6.07, 6.45) is 0.538. The molecule has 146 valence electrons. The number of fused-ring (bicyclic) bond motifs is 1. The van der Waals surface area contributed by atoms with E-state index in [0.29, 0.717) is 11.3 Å². The van der Waals surface area contributed by atoms with Crippen LogP contribution in [0.1, 0.15) is 6.42 Å².